The molecular formula is C22H26ClN3O2. The predicted octanol–water partition coefficient (Wildman–Crippen LogP) is 3.13. The summed E-state index contributed by atoms with van der Waals surface area (Å²) in [5, 5.41) is 3.56. The second-order valence-electron chi connectivity index (χ2n) is 6.96. The van der Waals surface area contributed by atoms with E-state index in [2.05, 4.69) is 22.3 Å². The van der Waals surface area contributed by atoms with E-state index in [1.54, 1.807) is 4.90 Å². The molecule has 1 aliphatic rings. The maximum Gasteiger partial charge on any atom is 0.232 e. The first-order chi connectivity index (χ1) is 13.6. The first kappa shape index (κ1) is 20.2. The lowest BCUT2D eigenvalue weighted by Gasteiger charge is -2.36. The van der Waals surface area contributed by atoms with Gasteiger partial charge in [-0.05, 0) is 36.6 Å². The molecule has 0 radical (unpaired) electrons. The standard InChI is InChI=1S/C22H26ClN3O2/c23-19-9-4-10-20(16-19)25-12-14-26(15-13-25)22(28)17-21(27)24-11-5-8-18-6-2-1-3-7-18/h1-4,6-7,9-10,16H,5,8,11-15,17H2,(H,24,27). The van der Waals surface area contributed by atoms with E-state index >= 15 is 0 Å². The van der Waals surface area contributed by atoms with Gasteiger partial charge in [0, 0.05) is 43.4 Å². The van der Waals surface area contributed by atoms with Gasteiger partial charge in [0.2, 0.25) is 11.8 Å². The van der Waals surface area contributed by atoms with Crippen molar-refractivity contribution in [3.63, 3.8) is 0 Å². The molecule has 2 amide bonds. The molecule has 0 bridgehead atoms. The Bertz CT molecular complexity index is 789. The highest BCUT2D eigenvalue weighted by molar-refractivity contribution is 6.30. The van der Waals surface area contributed by atoms with E-state index in [4.69, 9.17) is 11.6 Å². The number of amides is 2. The average molecular weight is 400 g/mol. The van der Waals surface area contributed by atoms with Crippen LogP contribution in [0.25, 0.3) is 0 Å². The van der Waals surface area contributed by atoms with Gasteiger partial charge in [-0.3, -0.25) is 9.59 Å². The lowest BCUT2D eigenvalue weighted by Crippen LogP contribution is -2.49. The van der Waals surface area contributed by atoms with Crippen LogP contribution in [0.2, 0.25) is 5.02 Å². The van der Waals surface area contributed by atoms with E-state index < -0.39 is 0 Å². The molecule has 0 aliphatic carbocycles. The molecule has 6 heteroatoms. The Labute approximate surface area is 171 Å². The molecule has 1 saturated heterocycles. The lowest BCUT2D eigenvalue weighted by atomic mass is 10.1. The summed E-state index contributed by atoms with van der Waals surface area (Å²) in [6.07, 6.45) is 1.70. The van der Waals surface area contributed by atoms with Crippen LogP contribution in [0.4, 0.5) is 5.69 Å². The minimum absolute atomic E-state index is 0.0809. The normalized spacial score (nSPS) is 14.0. The number of hydrogen-bond acceptors (Lipinski definition) is 3. The fourth-order valence-corrected chi connectivity index (χ4v) is 3.55. The summed E-state index contributed by atoms with van der Waals surface area (Å²) in [7, 11) is 0. The maximum atomic E-state index is 12.4. The fraction of sp³-hybridized carbons (Fsp3) is 0.364. The number of aryl methyl sites for hydroxylation is 1. The number of hydrogen-bond donors (Lipinski definition) is 1. The van der Waals surface area contributed by atoms with E-state index in [1.165, 1.54) is 5.56 Å². The predicted molar refractivity (Wildman–Crippen MR) is 113 cm³/mol. The third-order valence-corrected chi connectivity index (χ3v) is 5.16. The van der Waals surface area contributed by atoms with Gasteiger partial charge in [-0.2, -0.15) is 0 Å². The number of piperazine rings is 1. The summed E-state index contributed by atoms with van der Waals surface area (Å²) in [6, 6.07) is 17.9. The first-order valence-electron chi connectivity index (χ1n) is 9.71. The topological polar surface area (TPSA) is 52.7 Å². The smallest absolute Gasteiger partial charge is 0.232 e. The van der Waals surface area contributed by atoms with Gasteiger partial charge in [-0.1, -0.05) is 48.0 Å². The van der Waals surface area contributed by atoms with Crippen molar-refractivity contribution in [3.05, 3.63) is 65.2 Å². The van der Waals surface area contributed by atoms with Gasteiger partial charge in [0.25, 0.3) is 0 Å². The highest BCUT2D eigenvalue weighted by Gasteiger charge is 2.22. The van der Waals surface area contributed by atoms with Crippen molar-refractivity contribution in [2.45, 2.75) is 19.3 Å². The SMILES string of the molecule is O=C(CC(=O)N1CCN(c2cccc(Cl)c2)CC1)NCCCc1ccccc1. The Morgan fingerprint density at radius 3 is 2.43 bits per heavy atom. The molecule has 0 unspecified atom stereocenters. The van der Waals surface area contributed by atoms with Gasteiger partial charge in [-0.25, -0.2) is 0 Å². The monoisotopic (exact) mass is 399 g/mol. The van der Waals surface area contributed by atoms with Crippen LogP contribution in [0.1, 0.15) is 18.4 Å². The zero-order valence-electron chi connectivity index (χ0n) is 15.9. The first-order valence-corrected chi connectivity index (χ1v) is 10.1. The molecule has 2 aromatic carbocycles. The van der Waals surface area contributed by atoms with Gasteiger partial charge in [0.05, 0.1) is 0 Å². The van der Waals surface area contributed by atoms with Crippen molar-refractivity contribution in [1.29, 1.82) is 0 Å². The van der Waals surface area contributed by atoms with Crippen molar-refractivity contribution >= 4 is 29.1 Å². The largest absolute Gasteiger partial charge is 0.368 e. The van der Waals surface area contributed by atoms with E-state index in [-0.39, 0.29) is 18.2 Å². The van der Waals surface area contributed by atoms with E-state index in [9.17, 15) is 9.59 Å². The summed E-state index contributed by atoms with van der Waals surface area (Å²) in [5.41, 5.74) is 2.32. The van der Waals surface area contributed by atoms with Gasteiger partial charge in [0.15, 0.2) is 0 Å². The van der Waals surface area contributed by atoms with Crippen molar-refractivity contribution < 1.29 is 9.59 Å². The van der Waals surface area contributed by atoms with Crippen LogP contribution in [0.5, 0.6) is 0 Å². The van der Waals surface area contributed by atoms with E-state index in [0.29, 0.717) is 24.7 Å². The Balaban J connectivity index is 1.35. The number of rotatable bonds is 7. The van der Waals surface area contributed by atoms with Crippen LogP contribution in [-0.4, -0.2) is 49.4 Å². The van der Waals surface area contributed by atoms with E-state index in [1.807, 2.05) is 42.5 Å². The molecule has 148 valence electrons. The third-order valence-electron chi connectivity index (χ3n) is 4.92. The molecule has 0 aromatic heterocycles. The lowest BCUT2D eigenvalue weighted by molar-refractivity contribution is -0.136. The second kappa shape index (κ2) is 10.1. The van der Waals surface area contributed by atoms with Crippen LogP contribution in [0.3, 0.4) is 0 Å². The number of anilines is 1. The van der Waals surface area contributed by atoms with Crippen molar-refractivity contribution in [2.75, 3.05) is 37.6 Å². The average Bonchev–Trinajstić information content (AvgIpc) is 2.72. The van der Waals surface area contributed by atoms with Gasteiger partial charge in [-0.15, -0.1) is 0 Å². The molecular weight excluding hydrogens is 374 g/mol. The van der Waals surface area contributed by atoms with Crippen LogP contribution in [0.15, 0.2) is 54.6 Å². The zero-order valence-corrected chi connectivity index (χ0v) is 16.7. The molecule has 0 spiro atoms. The Morgan fingerprint density at radius 1 is 0.964 bits per heavy atom. The highest BCUT2D eigenvalue weighted by atomic mass is 35.5. The van der Waals surface area contributed by atoms with Gasteiger partial charge >= 0.3 is 0 Å². The third kappa shape index (κ3) is 5.99. The van der Waals surface area contributed by atoms with Gasteiger partial charge in [0.1, 0.15) is 6.42 Å². The van der Waals surface area contributed by atoms with Crippen LogP contribution in [-0.2, 0) is 16.0 Å². The molecule has 2 aromatic rings. The van der Waals surface area contributed by atoms with Crippen molar-refractivity contribution in [2.24, 2.45) is 0 Å². The number of halogens is 1. The minimum Gasteiger partial charge on any atom is -0.368 e. The molecule has 1 fully saturated rings. The summed E-state index contributed by atoms with van der Waals surface area (Å²) < 4.78 is 0. The number of carbonyl (C=O) groups is 2. The number of carbonyl (C=O) groups excluding carboxylic acids is 2. The maximum absolute atomic E-state index is 12.4. The summed E-state index contributed by atoms with van der Waals surface area (Å²) in [5.74, 6) is -0.304. The molecule has 0 saturated carbocycles. The second-order valence-corrected chi connectivity index (χ2v) is 7.40. The number of nitrogens with zero attached hydrogens (tertiary/aromatic N) is 2. The van der Waals surface area contributed by atoms with E-state index in [0.717, 1.165) is 31.6 Å². The number of benzene rings is 2. The molecule has 1 N–H and O–H groups in total. The fourth-order valence-electron chi connectivity index (χ4n) is 3.36. The van der Waals surface area contributed by atoms with Gasteiger partial charge < -0.3 is 15.1 Å². The van der Waals surface area contributed by atoms with Crippen LogP contribution >= 0.6 is 11.6 Å². The molecule has 5 nitrogen and oxygen atoms in total. The molecule has 0 atom stereocenters. The summed E-state index contributed by atoms with van der Waals surface area (Å²) in [6.45, 7) is 3.30. The van der Waals surface area contributed by atoms with Crippen molar-refractivity contribution in [3.8, 4) is 0 Å². The molecule has 1 heterocycles. The Morgan fingerprint density at radius 2 is 1.71 bits per heavy atom. The quantitative estimate of drug-likeness (QED) is 0.575. The van der Waals surface area contributed by atoms with Crippen LogP contribution in [0, 0.1) is 0 Å². The van der Waals surface area contributed by atoms with Crippen molar-refractivity contribution in [1.82, 2.24) is 10.2 Å². The summed E-state index contributed by atoms with van der Waals surface area (Å²) in [4.78, 5) is 28.4. The minimum atomic E-state index is -0.199. The van der Waals surface area contributed by atoms with Crippen LogP contribution < -0.4 is 10.2 Å². The number of nitrogens with one attached hydrogen (secondary N) is 1. The molecule has 28 heavy (non-hydrogen) atoms. The molecule has 3 rings (SSSR count). The Kier molecular flexibility index (Phi) is 7.31. The highest BCUT2D eigenvalue weighted by Crippen LogP contribution is 2.20. The zero-order chi connectivity index (χ0) is 19.8. The molecule has 1 aliphatic heterocycles. The summed E-state index contributed by atoms with van der Waals surface area (Å²) >= 11 is 6.05. The Hall–Kier alpha value is -2.53.